The Labute approximate surface area is 126 Å². The number of thiol groups is 1. The molecule has 106 valence electrons. The molecule has 21 heavy (non-hydrogen) atoms. The molecule has 0 amide bonds. The number of nitrogens with zero attached hydrogens (tertiary/aromatic N) is 1. The monoisotopic (exact) mass is 320 g/mol. The third-order valence-electron chi connectivity index (χ3n) is 3.07. The molecule has 0 saturated heterocycles. The van der Waals surface area contributed by atoms with Crippen LogP contribution in [0.15, 0.2) is 47.4 Å². The Hall–Kier alpha value is -2.18. The van der Waals surface area contributed by atoms with Crippen molar-refractivity contribution in [3.05, 3.63) is 57.8 Å². The number of hydrogen-bond donors (Lipinski definition) is 2. The summed E-state index contributed by atoms with van der Waals surface area (Å²) >= 11 is 5.89. The predicted octanol–water partition coefficient (Wildman–Crippen LogP) is 2.34. The molecule has 0 aliphatic heterocycles. The summed E-state index contributed by atoms with van der Waals surface area (Å²) in [7, 11) is -2.78. The molecule has 0 spiro atoms. The molecular weight excluding hydrogens is 312 g/mol. The summed E-state index contributed by atoms with van der Waals surface area (Å²) in [5, 5.41) is 1.86. The smallest absolute Gasteiger partial charge is 0.222 e. The summed E-state index contributed by atoms with van der Waals surface area (Å²) in [6, 6.07) is 9.83. The second-order valence-corrected chi connectivity index (χ2v) is 5.59. The average molecular weight is 321 g/mol. The number of anilines is 1. The zero-order valence-electron chi connectivity index (χ0n) is 10.5. The summed E-state index contributed by atoms with van der Waals surface area (Å²) in [4.78, 5) is 16.7. The van der Waals surface area contributed by atoms with Gasteiger partial charge in [0.25, 0.3) is 0 Å². The van der Waals surface area contributed by atoms with E-state index in [0.717, 1.165) is 0 Å². The van der Waals surface area contributed by atoms with Crippen LogP contribution >= 0.6 is 11.6 Å². The molecule has 0 aliphatic carbocycles. The van der Waals surface area contributed by atoms with Crippen LogP contribution in [-0.4, -0.2) is 13.4 Å². The first kappa shape index (κ1) is 13.8. The SMILES string of the molecule is O=c1c2cc(N[SH](=O)=O)ccc2ccc2ncc(Cl)cc12. The van der Waals surface area contributed by atoms with Crippen LogP contribution in [-0.2, 0) is 10.9 Å². The molecule has 2 aromatic carbocycles. The first-order valence-corrected chi connectivity index (χ1v) is 7.53. The Kier molecular flexibility index (Phi) is 3.48. The van der Waals surface area contributed by atoms with Crippen molar-refractivity contribution < 1.29 is 8.42 Å². The Balaban J connectivity index is 2.42. The van der Waals surface area contributed by atoms with Gasteiger partial charge < -0.3 is 0 Å². The molecule has 3 aromatic rings. The fourth-order valence-electron chi connectivity index (χ4n) is 2.15. The third kappa shape index (κ3) is 2.68. The molecule has 0 aliphatic rings. The highest BCUT2D eigenvalue weighted by atomic mass is 35.5. The van der Waals surface area contributed by atoms with Gasteiger partial charge in [-0.3, -0.25) is 14.5 Å². The zero-order valence-corrected chi connectivity index (χ0v) is 12.2. The Morgan fingerprint density at radius 2 is 1.81 bits per heavy atom. The summed E-state index contributed by atoms with van der Waals surface area (Å²) < 4.78 is 23.7. The minimum absolute atomic E-state index is 0.246. The van der Waals surface area contributed by atoms with E-state index < -0.39 is 10.9 Å². The van der Waals surface area contributed by atoms with E-state index in [0.29, 0.717) is 32.4 Å². The van der Waals surface area contributed by atoms with Crippen LogP contribution in [0.3, 0.4) is 0 Å². The molecule has 0 atom stereocenters. The molecule has 0 bridgehead atoms. The second-order valence-electron chi connectivity index (χ2n) is 4.42. The molecule has 0 fully saturated rings. The fraction of sp³-hybridized carbons (Fsp3) is 0. The predicted molar refractivity (Wildman–Crippen MR) is 84.5 cm³/mol. The van der Waals surface area contributed by atoms with E-state index in [4.69, 9.17) is 11.6 Å². The number of nitrogens with one attached hydrogen (secondary N) is 1. The summed E-state index contributed by atoms with van der Waals surface area (Å²) in [5.74, 6) is 0. The quantitative estimate of drug-likeness (QED) is 0.711. The minimum Gasteiger partial charge on any atom is -0.289 e. The maximum absolute atomic E-state index is 12.6. The van der Waals surface area contributed by atoms with Gasteiger partial charge in [0.05, 0.1) is 10.5 Å². The molecular formula is C14H9ClN2O3S. The molecule has 0 unspecified atom stereocenters. The Morgan fingerprint density at radius 1 is 1.05 bits per heavy atom. The number of hydrogen-bond acceptors (Lipinski definition) is 4. The summed E-state index contributed by atoms with van der Waals surface area (Å²) in [6.45, 7) is 0. The van der Waals surface area contributed by atoms with E-state index in [1.807, 2.05) is 0 Å². The van der Waals surface area contributed by atoms with E-state index in [9.17, 15) is 13.2 Å². The van der Waals surface area contributed by atoms with Crippen LogP contribution in [0.5, 0.6) is 0 Å². The molecule has 1 heterocycles. The van der Waals surface area contributed by atoms with Gasteiger partial charge in [0, 0.05) is 22.7 Å². The van der Waals surface area contributed by atoms with Crippen LogP contribution in [0.4, 0.5) is 5.69 Å². The zero-order chi connectivity index (χ0) is 15.0. The van der Waals surface area contributed by atoms with E-state index in [2.05, 4.69) is 9.71 Å². The van der Waals surface area contributed by atoms with Gasteiger partial charge in [0.1, 0.15) is 0 Å². The first-order valence-electron chi connectivity index (χ1n) is 5.98. The minimum atomic E-state index is -2.78. The molecule has 5 nitrogen and oxygen atoms in total. The van der Waals surface area contributed by atoms with Crippen molar-refractivity contribution in [2.24, 2.45) is 0 Å². The first-order chi connectivity index (χ1) is 10.0. The molecule has 1 aromatic heterocycles. The normalized spacial score (nSPS) is 11.1. The van der Waals surface area contributed by atoms with Gasteiger partial charge >= 0.3 is 0 Å². The molecule has 0 radical (unpaired) electrons. The lowest BCUT2D eigenvalue weighted by atomic mass is 10.1. The highest BCUT2D eigenvalue weighted by molar-refractivity contribution is 7.73. The number of aromatic nitrogens is 1. The van der Waals surface area contributed by atoms with E-state index in [-0.39, 0.29) is 5.43 Å². The van der Waals surface area contributed by atoms with Crippen molar-refractivity contribution in [3.8, 4) is 0 Å². The van der Waals surface area contributed by atoms with Crippen LogP contribution in [0, 0.1) is 0 Å². The van der Waals surface area contributed by atoms with Crippen molar-refractivity contribution in [2.75, 3.05) is 4.72 Å². The summed E-state index contributed by atoms with van der Waals surface area (Å²) in [5.41, 5.74) is 0.625. The lowest BCUT2D eigenvalue weighted by Crippen LogP contribution is -2.01. The van der Waals surface area contributed by atoms with Gasteiger partial charge in [0.2, 0.25) is 10.9 Å². The standard InChI is InChI=1S/C14H9ClN2O3S/c15-9-5-12-13(16-7-9)4-2-8-1-3-10(17-21(19)20)6-11(8)14(12)18/h1-7,21H,(H,17,19,20). The van der Waals surface area contributed by atoms with Crippen LogP contribution in [0.1, 0.15) is 0 Å². The largest absolute Gasteiger partial charge is 0.289 e. The van der Waals surface area contributed by atoms with E-state index in [1.165, 1.54) is 12.3 Å². The number of pyridine rings is 1. The number of fused-ring (bicyclic) bond motifs is 2. The van der Waals surface area contributed by atoms with Gasteiger partial charge in [-0.1, -0.05) is 23.7 Å². The van der Waals surface area contributed by atoms with Gasteiger partial charge in [-0.25, -0.2) is 8.42 Å². The van der Waals surface area contributed by atoms with Crippen molar-refractivity contribution >= 4 is 49.9 Å². The molecule has 7 heteroatoms. The van der Waals surface area contributed by atoms with Gasteiger partial charge in [-0.15, -0.1) is 0 Å². The van der Waals surface area contributed by atoms with Crippen molar-refractivity contribution in [1.82, 2.24) is 4.98 Å². The Morgan fingerprint density at radius 3 is 2.57 bits per heavy atom. The Bertz CT molecular complexity index is 994. The number of benzene rings is 1. The maximum Gasteiger partial charge on any atom is 0.222 e. The van der Waals surface area contributed by atoms with E-state index >= 15 is 0 Å². The second kappa shape index (κ2) is 5.31. The highest BCUT2D eigenvalue weighted by Crippen LogP contribution is 2.19. The number of halogens is 1. The fourth-order valence-corrected chi connectivity index (χ4v) is 2.66. The number of rotatable bonds is 2. The van der Waals surface area contributed by atoms with Crippen LogP contribution in [0.25, 0.3) is 21.7 Å². The van der Waals surface area contributed by atoms with Gasteiger partial charge in [0.15, 0.2) is 5.43 Å². The van der Waals surface area contributed by atoms with Crippen LogP contribution < -0.4 is 10.2 Å². The summed E-state index contributed by atoms with van der Waals surface area (Å²) in [6.07, 6.45) is 1.48. The lowest BCUT2D eigenvalue weighted by Gasteiger charge is -1.99. The van der Waals surface area contributed by atoms with E-state index in [1.54, 1.807) is 30.3 Å². The van der Waals surface area contributed by atoms with Crippen molar-refractivity contribution in [1.29, 1.82) is 0 Å². The van der Waals surface area contributed by atoms with Crippen LogP contribution in [0.2, 0.25) is 5.02 Å². The lowest BCUT2D eigenvalue weighted by molar-refractivity contribution is 0.619. The molecule has 3 rings (SSSR count). The maximum atomic E-state index is 12.6. The molecule has 0 saturated carbocycles. The van der Waals surface area contributed by atoms with Gasteiger partial charge in [-0.05, 0) is 29.7 Å². The average Bonchev–Trinajstić information content (AvgIpc) is 2.57. The topological polar surface area (TPSA) is 76.1 Å². The van der Waals surface area contributed by atoms with Crippen molar-refractivity contribution in [3.63, 3.8) is 0 Å². The molecule has 1 N–H and O–H groups in total. The van der Waals surface area contributed by atoms with Crippen molar-refractivity contribution in [2.45, 2.75) is 0 Å². The highest BCUT2D eigenvalue weighted by Gasteiger charge is 2.05. The van der Waals surface area contributed by atoms with Gasteiger partial charge in [-0.2, -0.15) is 0 Å². The third-order valence-corrected chi connectivity index (χ3v) is 3.72.